The number of amides is 1. The van der Waals surface area contributed by atoms with Gasteiger partial charge in [-0.05, 0) is 35.9 Å². The van der Waals surface area contributed by atoms with Crippen LogP contribution in [-0.2, 0) is 4.79 Å². The Balaban J connectivity index is 1.38. The Morgan fingerprint density at radius 3 is 2.59 bits per heavy atom. The fourth-order valence-corrected chi connectivity index (χ4v) is 3.51. The molecule has 0 radical (unpaired) electrons. The van der Waals surface area contributed by atoms with Crippen LogP contribution < -0.4 is 14.4 Å². The topological polar surface area (TPSA) is 54.9 Å². The lowest BCUT2D eigenvalue weighted by Gasteiger charge is -2.35. The molecule has 1 fully saturated rings. The zero-order valence-electron chi connectivity index (χ0n) is 14.8. The molecule has 6 nitrogen and oxygen atoms in total. The summed E-state index contributed by atoms with van der Waals surface area (Å²) in [5, 5.41) is 0.491. The van der Waals surface area contributed by atoms with Crippen molar-refractivity contribution in [2.45, 2.75) is 0 Å². The number of carbonyl (C=O) groups excluding carboxylic acids is 1. The molecule has 0 saturated carbocycles. The first-order valence-electron chi connectivity index (χ1n) is 8.92. The third kappa shape index (κ3) is 4.01. The largest absolute Gasteiger partial charge is 0.486 e. The second-order valence-electron chi connectivity index (χ2n) is 6.38. The molecule has 1 aromatic carbocycles. The van der Waals surface area contributed by atoms with E-state index < -0.39 is 0 Å². The predicted molar refractivity (Wildman–Crippen MR) is 105 cm³/mol. The van der Waals surface area contributed by atoms with Gasteiger partial charge >= 0.3 is 0 Å². The maximum Gasteiger partial charge on any atom is 0.246 e. The van der Waals surface area contributed by atoms with Gasteiger partial charge in [0, 0.05) is 50.3 Å². The van der Waals surface area contributed by atoms with E-state index in [-0.39, 0.29) is 5.91 Å². The first-order valence-corrected chi connectivity index (χ1v) is 9.29. The number of carbonyl (C=O) groups is 1. The van der Waals surface area contributed by atoms with Crippen LogP contribution in [0.3, 0.4) is 0 Å². The molecule has 2 aliphatic heterocycles. The number of hydrogen-bond acceptors (Lipinski definition) is 5. The summed E-state index contributed by atoms with van der Waals surface area (Å²) in [4.78, 5) is 20.7. The van der Waals surface area contributed by atoms with E-state index in [0.717, 1.165) is 24.3 Å². The summed E-state index contributed by atoms with van der Waals surface area (Å²) < 4.78 is 11.1. The highest BCUT2D eigenvalue weighted by molar-refractivity contribution is 6.32. The van der Waals surface area contributed by atoms with E-state index in [1.54, 1.807) is 30.6 Å². The number of benzene rings is 1. The van der Waals surface area contributed by atoms with Crippen molar-refractivity contribution in [1.29, 1.82) is 0 Å². The fourth-order valence-electron chi connectivity index (χ4n) is 3.24. The van der Waals surface area contributed by atoms with Crippen molar-refractivity contribution in [2.24, 2.45) is 0 Å². The quantitative estimate of drug-likeness (QED) is 0.760. The fraction of sp³-hybridized carbons (Fsp3) is 0.300. The van der Waals surface area contributed by atoms with Gasteiger partial charge in [0.15, 0.2) is 11.5 Å². The predicted octanol–water partition coefficient (Wildman–Crippen LogP) is 2.87. The van der Waals surface area contributed by atoms with Crippen molar-refractivity contribution in [3.63, 3.8) is 0 Å². The second-order valence-corrected chi connectivity index (χ2v) is 6.79. The molecule has 0 bridgehead atoms. The van der Waals surface area contributed by atoms with Gasteiger partial charge in [-0.2, -0.15) is 0 Å². The smallest absolute Gasteiger partial charge is 0.246 e. The molecule has 1 amide bonds. The average molecular weight is 386 g/mol. The zero-order chi connectivity index (χ0) is 18.6. The molecule has 1 saturated heterocycles. The first-order chi connectivity index (χ1) is 13.2. The zero-order valence-corrected chi connectivity index (χ0v) is 15.6. The van der Waals surface area contributed by atoms with Crippen LogP contribution in [0.2, 0.25) is 5.02 Å². The van der Waals surface area contributed by atoms with Crippen LogP contribution in [0.5, 0.6) is 11.5 Å². The molecular formula is C20H20ClN3O3. The normalized spacial score (nSPS) is 16.6. The van der Waals surface area contributed by atoms with Crippen LogP contribution in [0, 0.1) is 0 Å². The monoisotopic (exact) mass is 385 g/mol. The highest BCUT2D eigenvalue weighted by Gasteiger charge is 2.20. The van der Waals surface area contributed by atoms with E-state index in [1.165, 1.54) is 0 Å². The van der Waals surface area contributed by atoms with Crippen molar-refractivity contribution in [2.75, 3.05) is 44.3 Å². The molecule has 1 aromatic heterocycles. The number of nitrogens with zero attached hydrogens (tertiary/aromatic N) is 3. The molecule has 0 spiro atoms. The lowest BCUT2D eigenvalue weighted by Crippen LogP contribution is -2.48. The van der Waals surface area contributed by atoms with Crippen molar-refractivity contribution in [3.8, 4) is 11.5 Å². The summed E-state index contributed by atoms with van der Waals surface area (Å²) in [5.41, 5.74) is 1.95. The Hall–Kier alpha value is -2.73. The Kier molecular flexibility index (Phi) is 5.16. The molecule has 7 heteroatoms. The van der Waals surface area contributed by atoms with E-state index in [4.69, 9.17) is 21.1 Å². The van der Waals surface area contributed by atoms with Gasteiger partial charge in [-0.3, -0.25) is 9.78 Å². The van der Waals surface area contributed by atoms with Gasteiger partial charge in [0.1, 0.15) is 13.2 Å². The molecule has 2 aliphatic rings. The third-order valence-corrected chi connectivity index (χ3v) is 4.94. The number of aromatic nitrogens is 1. The SMILES string of the molecule is O=C(/C=C/c1cc(Cl)c2c(c1)OCCO2)N1CCN(c2ccncc2)CC1. The minimum Gasteiger partial charge on any atom is -0.486 e. The first kappa shape index (κ1) is 17.7. The van der Waals surface area contributed by atoms with E-state index >= 15 is 0 Å². The summed E-state index contributed by atoms with van der Waals surface area (Å²) in [5.74, 6) is 1.18. The number of anilines is 1. The molecule has 0 N–H and O–H groups in total. The minimum absolute atomic E-state index is 0.00427. The Bertz CT molecular complexity index is 849. The maximum atomic E-state index is 12.5. The summed E-state index contributed by atoms with van der Waals surface area (Å²) in [6.45, 7) is 3.97. The van der Waals surface area contributed by atoms with Crippen LogP contribution in [0.4, 0.5) is 5.69 Å². The molecule has 0 aliphatic carbocycles. The molecule has 3 heterocycles. The number of ether oxygens (including phenoxy) is 2. The number of pyridine rings is 1. The molecule has 0 atom stereocenters. The summed E-state index contributed by atoms with van der Waals surface area (Å²) in [6.07, 6.45) is 6.92. The molecule has 27 heavy (non-hydrogen) atoms. The Morgan fingerprint density at radius 1 is 1.07 bits per heavy atom. The average Bonchev–Trinajstić information content (AvgIpc) is 2.73. The summed E-state index contributed by atoms with van der Waals surface area (Å²) >= 11 is 6.24. The number of halogens is 1. The van der Waals surface area contributed by atoms with Gasteiger partial charge in [0.05, 0.1) is 5.02 Å². The highest BCUT2D eigenvalue weighted by Crippen LogP contribution is 2.38. The molecule has 140 valence electrons. The van der Waals surface area contributed by atoms with Crippen molar-refractivity contribution in [1.82, 2.24) is 9.88 Å². The Morgan fingerprint density at radius 2 is 1.81 bits per heavy atom. The molecule has 2 aromatic rings. The number of piperazine rings is 1. The van der Waals surface area contributed by atoms with E-state index in [1.807, 2.05) is 23.1 Å². The van der Waals surface area contributed by atoms with Crippen LogP contribution in [0.15, 0.2) is 42.7 Å². The minimum atomic E-state index is -0.00427. The van der Waals surface area contributed by atoms with Crippen molar-refractivity contribution >= 4 is 29.3 Å². The number of rotatable bonds is 3. The summed E-state index contributed by atoms with van der Waals surface area (Å²) in [7, 11) is 0. The van der Waals surface area contributed by atoms with E-state index in [9.17, 15) is 4.79 Å². The van der Waals surface area contributed by atoms with Crippen molar-refractivity contribution < 1.29 is 14.3 Å². The van der Waals surface area contributed by atoms with Gasteiger partial charge in [-0.25, -0.2) is 0 Å². The molecule has 0 unspecified atom stereocenters. The third-order valence-electron chi connectivity index (χ3n) is 4.66. The Labute approximate surface area is 163 Å². The summed E-state index contributed by atoms with van der Waals surface area (Å²) in [6, 6.07) is 7.59. The van der Waals surface area contributed by atoms with Gasteiger partial charge in [-0.15, -0.1) is 0 Å². The van der Waals surface area contributed by atoms with Crippen molar-refractivity contribution in [3.05, 3.63) is 53.3 Å². The molecule has 4 rings (SSSR count). The van der Waals surface area contributed by atoms with Gasteiger partial charge in [0.2, 0.25) is 5.91 Å². The van der Waals surface area contributed by atoms with E-state index in [2.05, 4.69) is 9.88 Å². The highest BCUT2D eigenvalue weighted by atomic mass is 35.5. The second kappa shape index (κ2) is 7.88. The number of fused-ring (bicyclic) bond motifs is 1. The van der Waals surface area contributed by atoms with Gasteiger partial charge in [-0.1, -0.05) is 11.6 Å². The lowest BCUT2D eigenvalue weighted by atomic mass is 10.1. The van der Waals surface area contributed by atoms with Gasteiger partial charge in [0.25, 0.3) is 0 Å². The lowest BCUT2D eigenvalue weighted by molar-refractivity contribution is -0.126. The molecular weight excluding hydrogens is 366 g/mol. The standard InChI is InChI=1S/C20H20ClN3O3/c21-17-13-15(14-18-20(17)27-12-11-26-18)1-2-19(25)24-9-7-23(8-10-24)16-3-5-22-6-4-16/h1-6,13-14H,7-12H2/b2-1+. The van der Waals surface area contributed by atoms with Crippen LogP contribution in [0.1, 0.15) is 5.56 Å². The van der Waals surface area contributed by atoms with Gasteiger partial charge < -0.3 is 19.3 Å². The van der Waals surface area contributed by atoms with Crippen LogP contribution in [0.25, 0.3) is 6.08 Å². The van der Waals surface area contributed by atoms with E-state index in [0.29, 0.717) is 42.8 Å². The van der Waals surface area contributed by atoms with Crippen LogP contribution >= 0.6 is 11.6 Å². The maximum absolute atomic E-state index is 12.5. The van der Waals surface area contributed by atoms with Crippen LogP contribution in [-0.4, -0.2) is 55.2 Å². The number of hydrogen-bond donors (Lipinski definition) is 0.